The Balaban J connectivity index is 0.00000128. The number of aryl methyl sites for hydroxylation is 1. The van der Waals surface area contributed by atoms with Gasteiger partial charge < -0.3 is 16.0 Å². The van der Waals surface area contributed by atoms with Crippen molar-refractivity contribution < 1.29 is 0 Å². The highest BCUT2D eigenvalue weighted by Gasteiger charge is 2.14. The Labute approximate surface area is 131 Å². The first-order valence-electron chi connectivity index (χ1n) is 7.42. The van der Waals surface area contributed by atoms with Gasteiger partial charge in [-0.1, -0.05) is 31.7 Å². The Hall–Kier alpha value is -1.32. The highest BCUT2D eigenvalue weighted by molar-refractivity contribution is 5.66. The molecule has 120 valence electrons. The highest BCUT2D eigenvalue weighted by Crippen LogP contribution is 2.17. The van der Waals surface area contributed by atoms with Gasteiger partial charge in [-0.15, -0.1) is 0 Å². The van der Waals surface area contributed by atoms with Gasteiger partial charge in [0.25, 0.3) is 0 Å². The van der Waals surface area contributed by atoms with Crippen LogP contribution in [0.25, 0.3) is 5.57 Å². The van der Waals surface area contributed by atoms with Gasteiger partial charge >= 0.3 is 0 Å². The monoisotopic (exact) mass is 291 g/mol. The van der Waals surface area contributed by atoms with Crippen LogP contribution in [0.5, 0.6) is 0 Å². The maximum Gasteiger partial charge on any atom is 0.0280 e. The summed E-state index contributed by atoms with van der Waals surface area (Å²) in [5, 5.41) is 3.58. The van der Waals surface area contributed by atoms with E-state index in [9.17, 15) is 0 Å². The van der Waals surface area contributed by atoms with Crippen LogP contribution < -0.4 is 11.1 Å². The van der Waals surface area contributed by atoms with Crippen molar-refractivity contribution in [1.29, 1.82) is 0 Å². The summed E-state index contributed by atoms with van der Waals surface area (Å²) in [6, 6.07) is 9.20. The third-order valence-corrected chi connectivity index (χ3v) is 3.82. The van der Waals surface area contributed by atoms with Crippen molar-refractivity contribution in [3.8, 4) is 0 Å². The van der Waals surface area contributed by atoms with Crippen LogP contribution in [0.3, 0.4) is 0 Å². The van der Waals surface area contributed by atoms with Crippen LogP contribution in [0, 0.1) is 6.92 Å². The number of likely N-dealkylation sites (tertiary alicyclic amines) is 1. The number of piperidine rings is 1. The molecule has 1 fully saturated rings. The first-order valence-corrected chi connectivity index (χ1v) is 7.42. The van der Waals surface area contributed by atoms with Gasteiger partial charge in [-0.25, -0.2) is 0 Å². The summed E-state index contributed by atoms with van der Waals surface area (Å²) in [5.41, 5.74) is 8.52. The summed E-state index contributed by atoms with van der Waals surface area (Å²) >= 11 is 0. The molecule has 0 atom stereocenters. The Morgan fingerprint density at radius 1 is 1.24 bits per heavy atom. The molecule has 0 aliphatic carbocycles. The molecule has 1 aromatic carbocycles. The third kappa shape index (κ3) is 6.32. The van der Waals surface area contributed by atoms with Gasteiger partial charge in [0, 0.05) is 12.2 Å². The minimum absolute atomic E-state index is 0. The van der Waals surface area contributed by atoms with Crippen molar-refractivity contribution in [3.63, 3.8) is 0 Å². The summed E-state index contributed by atoms with van der Waals surface area (Å²) in [4.78, 5) is 2.40. The van der Waals surface area contributed by atoms with E-state index in [1.165, 1.54) is 49.7 Å². The van der Waals surface area contributed by atoms with Crippen molar-refractivity contribution in [2.45, 2.75) is 40.2 Å². The fourth-order valence-electron chi connectivity index (χ4n) is 2.51. The standard InChI is InChI=1S/C16H24N2.CH5N.CH4/c1-13-6-4-5-7-16(13)14(2)12-17-15-8-10-18(3)11-9-15;1-2;/h4-7,12,15,17H,8-11H2,1-3H3;2H2,1H3;1H4/b14-12+;;. The molecule has 3 heteroatoms. The van der Waals surface area contributed by atoms with E-state index in [-0.39, 0.29) is 7.43 Å². The Morgan fingerprint density at radius 2 is 1.81 bits per heavy atom. The van der Waals surface area contributed by atoms with E-state index in [0.29, 0.717) is 6.04 Å². The zero-order valence-electron chi connectivity index (χ0n) is 13.3. The number of nitrogens with zero attached hydrogens (tertiary/aromatic N) is 1. The lowest BCUT2D eigenvalue weighted by Crippen LogP contribution is -2.38. The van der Waals surface area contributed by atoms with Gasteiger partial charge in [0.15, 0.2) is 0 Å². The van der Waals surface area contributed by atoms with Crippen LogP contribution in [0.1, 0.15) is 38.3 Å². The van der Waals surface area contributed by atoms with Gasteiger partial charge in [0.05, 0.1) is 0 Å². The molecule has 1 saturated heterocycles. The van der Waals surface area contributed by atoms with Crippen molar-refractivity contribution in [2.24, 2.45) is 5.73 Å². The molecule has 0 radical (unpaired) electrons. The lowest BCUT2D eigenvalue weighted by atomic mass is 10.0. The number of hydrogen-bond acceptors (Lipinski definition) is 3. The summed E-state index contributed by atoms with van der Waals surface area (Å²) in [6.45, 7) is 6.76. The molecule has 0 aromatic heterocycles. The molecule has 1 heterocycles. The molecule has 1 aromatic rings. The molecule has 21 heavy (non-hydrogen) atoms. The van der Waals surface area contributed by atoms with E-state index < -0.39 is 0 Å². The lowest BCUT2D eigenvalue weighted by Gasteiger charge is -2.29. The van der Waals surface area contributed by atoms with E-state index in [1.807, 2.05) is 0 Å². The van der Waals surface area contributed by atoms with E-state index in [2.05, 4.69) is 67.3 Å². The van der Waals surface area contributed by atoms with Crippen molar-refractivity contribution in [1.82, 2.24) is 10.2 Å². The zero-order chi connectivity index (χ0) is 15.0. The van der Waals surface area contributed by atoms with Gasteiger partial charge in [-0.3, -0.25) is 0 Å². The fourth-order valence-corrected chi connectivity index (χ4v) is 2.51. The van der Waals surface area contributed by atoms with Crippen LogP contribution in [-0.2, 0) is 0 Å². The van der Waals surface area contributed by atoms with Gasteiger partial charge in [0.1, 0.15) is 0 Å². The number of benzene rings is 1. The van der Waals surface area contributed by atoms with E-state index in [4.69, 9.17) is 0 Å². The molecule has 0 bridgehead atoms. The van der Waals surface area contributed by atoms with Crippen molar-refractivity contribution in [3.05, 3.63) is 41.6 Å². The molecule has 0 amide bonds. The molecule has 1 aliphatic heterocycles. The summed E-state index contributed by atoms with van der Waals surface area (Å²) in [6.07, 6.45) is 4.68. The Kier molecular flexibility index (Phi) is 9.76. The number of hydrogen-bond donors (Lipinski definition) is 2. The predicted molar refractivity (Wildman–Crippen MR) is 95.3 cm³/mol. The predicted octanol–water partition coefficient (Wildman–Crippen LogP) is 3.25. The molecular weight excluding hydrogens is 258 g/mol. The lowest BCUT2D eigenvalue weighted by molar-refractivity contribution is 0.244. The van der Waals surface area contributed by atoms with E-state index in [1.54, 1.807) is 0 Å². The maximum atomic E-state index is 4.50. The van der Waals surface area contributed by atoms with Gasteiger partial charge in [-0.05, 0) is 70.6 Å². The second kappa shape index (κ2) is 10.4. The molecule has 0 saturated carbocycles. The number of allylic oxidation sites excluding steroid dienone is 1. The average Bonchev–Trinajstić information content (AvgIpc) is 2.49. The van der Waals surface area contributed by atoms with Crippen LogP contribution in [0.2, 0.25) is 0 Å². The quantitative estimate of drug-likeness (QED) is 0.898. The number of nitrogens with one attached hydrogen (secondary N) is 1. The Morgan fingerprint density at radius 3 is 2.38 bits per heavy atom. The SMILES string of the molecule is C.C/C(=C\NC1CCN(C)CC1)c1ccccc1C.CN. The second-order valence-electron chi connectivity index (χ2n) is 5.39. The molecule has 0 unspecified atom stereocenters. The summed E-state index contributed by atoms with van der Waals surface area (Å²) in [7, 11) is 3.70. The highest BCUT2D eigenvalue weighted by atomic mass is 15.1. The third-order valence-electron chi connectivity index (χ3n) is 3.82. The van der Waals surface area contributed by atoms with Crippen molar-refractivity contribution in [2.75, 3.05) is 27.2 Å². The van der Waals surface area contributed by atoms with Crippen LogP contribution in [0.15, 0.2) is 30.5 Å². The molecule has 0 spiro atoms. The molecule has 2 rings (SSSR count). The molecule has 3 N–H and O–H groups in total. The zero-order valence-corrected chi connectivity index (χ0v) is 13.3. The number of rotatable bonds is 3. The minimum atomic E-state index is 0. The van der Waals surface area contributed by atoms with Gasteiger partial charge in [0.2, 0.25) is 0 Å². The largest absolute Gasteiger partial charge is 0.388 e. The van der Waals surface area contributed by atoms with Crippen LogP contribution >= 0.6 is 0 Å². The molecule has 3 nitrogen and oxygen atoms in total. The second-order valence-corrected chi connectivity index (χ2v) is 5.39. The Bertz CT molecular complexity index is 418. The normalized spacial score (nSPS) is 16.5. The number of nitrogens with two attached hydrogens (primary N) is 1. The molecular formula is C18H33N3. The topological polar surface area (TPSA) is 41.3 Å². The smallest absolute Gasteiger partial charge is 0.0280 e. The van der Waals surface area contributed by atoms with Crippen LogP contribution in [-0.4, -0.2) is 38.1 Å². The van der Waals surface area contributed by atoms with Crippen molar-refractivity contribution >= 4 is 5.57 Å². The summed E-state index contributed by atoms with van der Waals surface area (Å²) in [5.74, 6) is 0. The van der Waals surface area contributed by atoms with Gasteiger partial charge in [-0.2, -0.15) is 0 Å². The molecule has 1 aliphatic rings. The fraction of sp³-hybridized carbons (Fsp3) is 0.556. The van der Waals surface area contributed by atoms with E-state index in [0.717, 1.165) is 0 Å². The van der Waals surface area contributed by atoms with E-state index >= 15 is 0 Å². The maximum absolute atomic E-state index is 4.50. The van der Waals surface area contributed by atoms with Crippen LogP contribution in [0.4, 0.5) is 0 Å². The average molecular weight is 291 g/mol. The minimum Gasteiger partial charge on any atom is -0.388 e. The first-order chi connectivity index (χ1) is 9.66. The first kappa shape index (κ1) is 19.7. The summed E-state index contributed by atoms with van der Waals surface area (Å²) < 4.78 is 0.